The number of aliphatic hydroxyl groups is 1. The maximum absolute atomic E-state index is 13.1. The topological polar surface area (TPSA) is 105 Å². The van der Waals surface area contributed by atoms with Crippen molar-refractivity contribution in [2.24, 2.45) is 0 Å². The molecule has 3 aromatic heterocycles. The summed E-state index contributed by atoms with van der Waals surface area (Å²) in [5, 5.41) is 17.7. The van der Waals surface area contributed by atoms with Crippen LogP contribution in [0.3, 0.4) is 0 Å². The van der Waals surface area contributed by atoms with Crippen molar-refractivity contribution in [2.45, 2.75) is 51.3 Å². The van der Waals surface area contributed by atoms with E-state index in [1.54, 1.807) is 23.2 Å². The molecule has 0 bridgehead atoms. The molecule has 4 rings (SSSR count). The van der Waals surface area contributed by atoms with Crippen LogP contribution in [0.2, 0.25) is 0 Å². The molecule has 0 amide bonds. The molecule has 0 aliphatic heterocycles. The van der Waals surface area contributed by atoms with E-state index in [-0.39, 0.29) is 23.7 Å². The van der Waals surface area contributed by atoms with Gasteiger partial charge in [-0.25, -0.2) is 9.97 Å². The second kappa shape index (κ2) is 7.55. The molecule has 0 saturated heterocycles. The Morgan fingerprint density at radius 1 is 1.25 bits per heavy atom. The number of pyridine rings is 2. The number of aromatic nitrogens is 4. The summed E-state index contributed by atoms with van der Waals surface area (Å²) < 4.78 is 1.70. The Labute approximate surface area is 162 Å². The fourth-order valence-corrected chi connectivity index (χ4v) is 3.63. The summed E-state index contributed by atoms with van der Waals surface area (Å²) in [4.78, 5) is 26.0. The van der Waals surface area contributed by atoms with Crippen molar-refractivity contribution in [1.29, 1.82) is 0 Å². The van der Waals surface area contributed by atoms with Crippen LogP contribution in [0.4, 0.5) is 17.5 Å². The van der Waals surface area contributed by atoms with Crippen molar-refractivity contribution in [2.75, 3.05) is 10.6 Å². The maximum Gasteiger partial charge on any atom is 0.262 e. The minimum atomic E-state index is -0.308. The number of anilines is 3. The highest BCUT2D eigenvalue weighted by Crippen LogP contribution is 2.28. The number of nitrogens with zero attached hydrogens (tertiary/aromatic N) is 4. The van der Waals surface area contributed by atoms with E-state index < -0.39 is 0 Å². The van der Waals surface area contributed by atoms with Crippen LogP contribution in [-0.4, -0.2) is 36.8 Å². The van der Waals surface area contributed by atoms with Gasteiger partial charge < -0.3 is 20.3 Å². The lowest BCUT2D eigenvalue weighted by atomic mass is 10.1. The Hall–Kier alpha value is -3.00. The monoisotopic (exact) mass is 380 g/mol. The molecular formula is C20H24N6O2. The number of fused-ring (bicyclic) bond motifs is 1. The van der Waals surface area contributed by atoms with Gasteiger partial charge in [0.25, 0.3) is 5.56 Å². The zero-order valence-electron chi connectivity index (χ0n) is 16.0. The third-order valence-corrected chi connectivity index (χ3v) is 5.03. The Morgan fingerprint density at radius 3 is 2.79 bits per heavy atom. The molecule has 1 aliphatic rings. The SMILES string of the molecule is CC(C)n1ccc2cc(Nc3cnccn3)nc(NC3CCC(O)C3)c2c1=O. The molecule has 0 radical (unpaired) electrons. The zero-order chi connectivity index (χ0) is 19.7. The number of hydrogen-bond acceptors (Lipinski definition) is 7. The molecule has 2 atom stereocenters. The van der Waals surface area contributed by atoms with E-state index in [1.165, 1.54) is 0 Å². The van der Waals surface area contributed by atoms with E-state index in [0.717, 1.165) is 18.2 Å². The van der Waals surface area contributed by atoms with Crippen molar-refractivity contribution in [3.05, 3.63) is 47.3 Å². The average molecular weight is 380 g/mol. The van der Waals surface area contributed by atoms with E-state index in [1.807, 2.05) is 32.2 Å². The highest BCUT2D eigenvalue weighted by atomic mass is 16.3. The Balaban J connectivity index is 1.80. The summed E-state index contributed by atoms with van der Waals surface area (Å²) in [5.41, 5.74) is -0.0768. The predicted molar refractivity (Wildman–Crippen MR) is 109 cm³/mol. The van der Waals surface area contributed by atoms with Gasteiger partial charge in [0.1, 0.15) is 17.5 Å². The van der Waals surface area contributed by atoms with Gasteiger partial charge in [-0.3, -0.25) is 9.78 Å². The first kappa shape index (κ1) is 18.4. The molecule has 146 valence electrons. The quantitative estimate of drug-likeness (QED) is 0.625. The molecule has 8 nitrogen and oxygen atoms in total. The Morgan fingerprint density at radius 2 is 2.11 bits per heavy atom. The standard InChI is InChI=1S/C20H24N6O2/c1-12(2)26-8-5-13-9-16(24-17-11-21-6-7-22-17)25-19(18(13)20(26)28)23-14-3-4-15(27)10-14/h5-9,11-12,14-15,27H,3-4,10H2,1-2H3,(H2,22,23,24,25). The molecule has 1 aliphatic carbocycles. The third-order valence-electron chi connectivity index (χ3n) is 5.03. The first-order chi connectivity index (χ1) is 13.5. The Bertz CT molecular complexity index is 1030. The van der Waals surface area contributed by atoms with Crippen LogP contribution in [0.5, 0.6) is 0 Å². The summed E-state index contributed by atoms with van der Waals surface area (Å²) >= 11 is 0. The van der Waals surface area contributed by atoms with Gasteiger partial charge in [0.05, 0.1) is 17.7 Å². The first-order valence-corrected chi connectivity index (χ1v) is 9.55. The van der Waals surface area contributed by atoms with Gasteiger partial charge in [-0.05, 0) is 50.6 Å². The first-order valence-electron chi connectivity index (χ1n) is 9.55. The van der Waals surface area contributed by atoms with E-state index in [9.17, 15) is 9.90 Å². The summed E-state index contributed by atoms with van der Waals surface area (Å²) in [6, 6.07) is 3.90. The van der Waals surface area contributed by atoms with Crippen LogP contribution in [0.25, 0.3) is 10.8 Å². The third kappa shape index (κ3) is 3.68. The fourth-order valence-electron chi connectivity index (χ4n) is 3.63. The molecule has 28 heavy (non-hydrogen) atoms. The number of rotatable bonds is 5. The van der Waals surface area contributed by atoms with Crippen molar-refractivity contribution in [3.63, 3.8) is 0 Å². The predicted octanol–water partition coefficient (Wildman–Crippen LogP) is 2.84. The Kier molecular flexibility index (Phi) is 4.95. The summed E-state index contributed by atoms with van der Waals surface area (Å²) in [6.07, 6.45) is 8.57. The van der Waals surface area contributed by atoms with Gasteiger partial charge in [-0.15, -0.1) is 0 Å². The van der Waals surface area contributed by atoms with Crippen LogP contribution >= 0.6 is 0 Å². The largest absolute Gasteiger partial charge is 0.393 e. The van der Waals surface area contributed by atoms with Gasteiger partial charge in [0.2, 0.25) is 0 Å². The van der Waals surface area contributed by atoms with Crippen molar-refractivity contribution in [3.8, 4) is 0 Å². The fraction of sp³-hybridized carbons (Fsp3) is 0.400. The van der Waals surface area contributed by atoms with Gasteiger partial charge >= 0.3 is 0 Å². The molecule has 3 aromatic rings. The molecule has 3 heterocycles. The van der Waals surface area contributed by atoms with E-state index >= 15 is 0 Å². The second-order valence-electron chi connectivity index (χ2n) is 7.47. The number of aliphatic hydroxyl groups excluding tert-OH is 1. The van der Waals surface area contributed by atoms with Crippen molar-refractivity contribution >= 4 is 28.2 Å². The minimum Gasteiger partial charge on any atom is -0.393 e. The normalized spacial score (nSPS) is 19.3. The van der Waals surface area contributed by atoms with Gasteiger partial charge in [-0.1, -0.05) is 0 Å². The molecular weight excluding hydrogens is 356 g/mol. The zero-order valence-corrected chi connectivity index (χ0v) is 16.0. The lowest BCUT2D eigenvalue weighted by Gasteiger charge is -2.18. The average Bonchev–Trinajstić information content (AvgIpc) is 3.07. The van der Waals surface area contributed by atoms with Crippen LogP contribution < -0.4 is 16.2 Å². The van der Waals surface area contributed by atoms with Crippen molar-refractivity contribution < 1.29 is 5.11 Å². The molecule has 1 saturated carbocycles. The molecule has 8 heteroatoms. The molecule has 3 N–H and O–H groups in total. The molecule has 0 aromatic carbocycles. The molecule has 1 fully saturated rings. The smallest absolute Gasteiger partial charge is 0.262 e. The summed E-state index contributed by atoms with van der Waals surface area (Å²) in [7, 11) is 0. The second-order valence-corrected chi connectivity index (χ2v) is 7.47. The highest BCUT2D eigenvalue weighted by Gasteiger charge is 2.24. The number of hydrogen-bond donors (Lipinski definition) is 3. The number of nitrogens with one attached hydrogen (secondary N) is 2. The van der Waals surface area contributed by atoms with Crippen molar-refractivity contribution in [1.82, 2.24) is 19.5 Å². The summed E-state index contributed by atoms with van der Waals surface area (Å²) in [6.45, 7) is 3.95. The van der Waals surface area contributed by atoms with Gasteiger partial charge in [0, 0.05) is 30.7 Å². The maximum atomic E-state index is 13.1. The molecule has 0 spiro atoms. The molecule has 2 unspecified atom stereocenters. The van der Waals surface area contributed by atoms with Crippen LogP contribution in [0.1, 0.15) is 39.2 Å². The van der Waals surface area contributed by atoms with E-state index in [4.69, 9.17) is 0 Å². The van der Waals surface area contributed by atoms with Crippen LogP contribution in [-0.2, 0) is 0 Å². The van der Waals surface area contributed by atoms with E-state index in [0.29, 0.717) is 29.3 Å². The highest BCUT2D eigenvalue weighted by molar-refractivity contribution is 5.93. The van der Waals surface area contributed by atoms with Crippen LogP contribution in [0.15, 0.2) is 41.7 Å². The van der Waals surface area contributed by atoms with Crippen LogP contribution in [0, 0.1) is 0 Å². The lowest BCUT2D eigenvalue weighted by Crippen LogP contribution is -2.24. The minimum absolute atomic E-state index is 0.0513. The summed E-state index contributed by atoms with van der Waals surface area (Å²) in [5.74, 6) is 1.69. The lowest BCUT2D eigenvalue weighted by molar-refractivity contribution is 0.182. The van der Waals surface area contributed by atoms with Gasteiger partial charge in [-0.2, -0.15) is 0 Å². The van der Waals surface area contributed by atoms with Gasteiger partial charge in [0.15, 0.2) is 0 Å². The van der Waals surface area contributed by atoms with E-state index in [2.05, 4.69) is 25.6 Å².